The van der Waals surface area contributed by atoms with Crippen molar-refractivity contribution in [1.82, 2.24) is 0 Å². The predicted octanol–water partition coefficient (Wildman–Crippen LogP) is 21.6. The van der Waals surface area contributed by atoms with Crippen LogP contribution in [0.2, 0.25) is 0 Å². The van der Waals surface area contributed by atoms with Gasteiger partial charge in [0, 0.05) is 12.8 Å². The fourth-order valence-corrected chi connectivity index (χ4v) is 9.67. The van der Waals surface area contributed by atoms with Crippen LogP contribution in [0.25, 0.3) is 0 Å². The van der Waals surface area contributed by atoms with Crippen LogP contribution in [0.1, 0.15) is 341 Å². The highest BCUT2D eigenvalue weighted by Gasteiger charge is 2.16. The summed E-state index contributed by atoms with van der Waals surface area (Å²) < 4.78 is 10.7. The predicted molar refractivity (Wildman–Crippen MR) is 311 cm³/mol. The SMILES string of the molecule is CC/C=C\C/C=C\C/C=C\C/C=C\CCCCCCCCCCCCCCCCCCCCCCCCC(=O)OC(CO)COC(=O)CCCCCCCCCCCCCCCCCCCCCCCC. The molecule has 0 saturated carbocycles. The molecule has 0 heterocycles. The van der Waals surface area contributed by atoms with Gasteiger partial charge in [-0.05, 0) is 51.4 Å². The third-order valence-electron chi connectivity index (χ3n) is 14.4. The lowest BCUT2D eigenvalue weighted by Crippen LogP contribution is -2.28. The Morgan fingerprint density at radius 1 is 0.338 bits per heavy atom. The number of carbonyl (C=O) groups is 2. The van der Waals surface area contributed by atoms with E-state index in [0.29, 0.717) is 12.8 Å². The van der Waals surface area contributed by atoms with E-state index in [9.17, 15) is 14.7 Å². The Morgan fingerprint density at radius 2 is 0.606 bits per heavy atom. The molecule has 0 bridgehead atoms. The topological polar surface area (TPSA) is 72.8 Å². The van der Waals surface area contributed by atoms with Crippen molar-refractivity contribution in [2.24, 2.45) is 0 Å². The van der Waals surface area contributed by atoms with Gasteiger partial charge < -0.3 is 14.6 Å². The van der Waals surface area contributed by atoms with Gasteiger partial charge in [0.25, 0.3) is 0 Å². The lowest BCUT2D eigenvalue weighted by Gasteiger charge is -2.15. The Morgan fingerprint density at radius 3 is 0.915 bits per heavy atom. The molecule has 0 rings (SSSR count). The number of allylic oxidation sites excluding steroid dienone is 8. The van der Waals surface area contributed by atoms with E-state index in [0.717, 1.165) is 57.8 Å². The Hall–Kier alpha value is -2.14. The molecule has 0 aliphatic rings. The van der Waals surface area contributed by atoms with Gasteiger partial charge >= 0.3 is 11.9 Å². The van der Waals surface area contributed by atoms with Crippen LogP contribution in [-0.4, -0.2) is 36.4 Å². The lowest BCUT2D eigenvalue weighted by atomic mass is 10.0. The van der Waals surface area contributed by atoms with Crippen LogP contribution in [0.4, 0.5) is 0 Å². The number of esters is 2. The van der Waals surface area contributed by atoms with Crippen LogP contribution >= 0.6 is 0 Å². The molecule has 0 radical (unpaired) electrons. The van der Waals surface area contributed by atoms with Crippen molar-refractivity contribution in [3.63, 3.8) is 0 Å². The number of ether oxygens (including phenoxy) is 2. The Kier molecular flexibility index (Phi) is 60.3. The first-order chi connectivity index (χ1) is 35.1. The Bertz CT molecular complexity index is 1170. The number of carbonyl (C=O) groups excluding carboxylic acids is 2. The summed E-state index contributed by atoms with van der Waals surface area (Å²) in [6.07, 6.45) is 82.7. The zero-order valence-corrected chi connectivity index (χ0v) is 47.8. The second-order valence-corrected chi connectivity index (χ2v) is 21.5. The molecule has 0 aromatic carbocycles. The van der Waals surface area contributed by atoms with Crippen molar-refractivity contribution < 1.29 is 24.2 Å². The van der Waals surface area contributed by atoms with Crippen molar-refractivity contribution in [2.45, 2.75) is 347 Å². The molecule has 0 spiro atoms. The summed E-state index contributed by atoms with van der Waals surface area (Å²) in [6.45, 7) is 4.08. The zero-order valence-electron chi connectivity index (χ0n) is 47.8. The Balaban J connectivity index is 3.40. The number of hydrogen-bond donors (Lipinski definition) is 1. The van der Waals surface area contributed by atoms with E-state index >= 15 is 0 Å². The van der Waals surface area contributed by atoms with Crippen molar-refractivity contribution in [3.8, 4) is 0 Å². The van der Waals surface area contributed by atoms with Gasteiger partial charge in [-0.1, -0.05) is 326 Å². The summed E-state index contributed by atoms with van der Waals surface area (Å²) >= 11 is 0. The minimum Gasteiger partial charge on any atom is -0.462 e. The number of hydrogen-bond acceptors (Lipinski definition) is 5. The van der Waals surface area contributed by atoms with Crippen molar-refractivity contribution in [3.05, 3.63) is 48.6 Å². The largest absolute Gasteiger partial charge is 0.462 e. The molecule has 1 unspecified atom stereocenters. The van der Waals surface area contributed by atoms with Gasteiger partial charge in [0.1, 0.15) is 6.61 Å². The van der Waals surface area contributed by atoms with Crippen LogP contribution in [0.3, 0.4) is 0 Å². The highest BCUT2D eigenvalue weighted by atomic mass is 16.6. The summed E-state index contributed by atoms with van der Waals surface area (Å²) in [5.74, 6) is -0.568. The van der Waals surface area contributed by atoms with Crippen molar-refractivity contribution in [2.75, 3.05) is 13.2 Å². The average molecular weight is 996 g/mol. The van der Waals surface area contributed by atoms with Crippen LogP contribution in [0.15, 0.2) is 48.6 Å². The van der Waals surface area contributed by atoms with E-state index < -0.39 is 6.10 Å². The number of rotatable bonds is 59. The van der Waals surface area contributed by atoms with E-state index in [1.807, 2.05) is 0 Å². The number of unbranched alkanes of at least 4 members (excludes halogenated alkanes) is 43. The summed E-state index contributed by atoms with van der Waals surface area (Å²) in [5, 5.41) is 9.68. The molecule has 0 fully saturated rings. The normalized spacial score (nSPS) is 12.4. The average Bonchev–Trinajstić information content (AvgIpc) is 3.37. The van der Waals surface area contributed by atoms with E-state index in [4.69, 9.17) is 9.47 Å². The standard InChI is InChI=1S/C66H122O5/c1-3-5-7-9-11-13-15-17-19-21-23-25-27-28-29-30-31-32-33-34-35-36-37-38-39-41-43-45-47-49-51-53-55-57-59-61-66(69)71-64(62-67)63-70-65(68)60-58-56-54-52-50-48-46-44-42-40-26-24-22-20-18-16-14-12-10-8-6-4-2/h5,7,11,13,17,19,23,25,64,67H,3-4,6,8-10,12,14-16,18,20-22,24,26-63H2,1-2H3/b7-5-,13-11-,19-17-,25-23-. The third-order valence-corrected chi connectivity index (χ3v) is 14.4. The van der Waals surface area contributed by atoms with Crippen LogP contribution in [-0.2, 0) is 19.1 Å². The third kappa shape index (κ3) is 60.3. The van der Waals surface area contributed by atoms with E-state index in [1.165, 1.54) is 257 Å². The maximum Gasteiger partial charge on any atom is 0.306 e. The fourth-order valence-electron chi connectivity index (χ4n) is 9.67. The van der Waals surface area contributed by atoms with Crippen molar-refractivity contribution in [1.29, 1.82) is 0 Å². The maximum atomic E-state index is 12.3. The highest BCUT2D eigenvalue weighted by Crippen LogP contribution is 2.18. The van der Waals surface area contributed by atoms with Crippen molar-refractivity contribution >= 4 is 11.9 Å². The molecule has 5 nitrogen and oxygen atoms in total. The number of aliphatic hydroxyl groups excluding tert-OH is 1. The molecule has 0 amide bonds. The van der Waals surface area contributed by atoms with E-state index in [1.54, 1.807) is 0 Å². The zero-order chi connectivity index (χ0) is 51.3. The van der Waals surface area contributed by atoms with Gasteiger partial charge in [0.2, 0.25) is 0 Å². The second-order valence-electron chi connectivity index (χ2n) is 21.5. The molecular weight excluding hydrogens is 873 g/mol. The smallest absolute Gasteiger partial charge is 0.306 e. The van der Waals surface area contributed by atoms with Gasteiger partial charge in [-0.25, -0.2) is 0 Å². The quantitative estimate of drug-likeness (QED) is 0.0373. The van der Waals surface area contributed by atoms with E-state index in [2.05, 4.69) is 62.5 Å². The van der Waals surface area contributed by atoms with Crippen LogP contribution in [0, 0.1) is 0 Å². The molecular formula is C66H122O5. The molecule has 0 aliphatic carbocycles. The molecule has 5 heteroatoms. The van der Waals surface area contributed by atoms with Crippen LogP contribution < -0.4 is 0 Å². The number of aliphatic hydroxyl groups is 1. The van der Waals surface area contributed by atoms with Gasteiger partial charge in [-0.2, -0.15) is 0 Å². The summed E-state index contributed by atoms with van der Waals surface area (Å²) in [7, 11) is 0. The highest BCUT2D eigenvalue weighted by molar-refractivity contribution is 5.70. The molecule has 0 aliphatic heterocycles. The summed E-state index contributed by atoms with van der Waals surface area (Å²) in [4.78, 5) is 24.6. The van der Waals surface area contributed by atoms with Gasteiger partial charge in [0.15, 0.2) is 6.10 Å². The monoisotopic (exact) mass is 995 g/mol. The fraction of sp³-hybridized carbons (Fsp3) is 0.848. The molecule has 0 saturated heterocycles. The Labute approximate surface area is 443 Å². The first kappa shape index (κ1) is 68.9. The maximum absolute atomic E-state index is 12.3. The molecule has 416 valence electrons. The molecule has 1 atom stereocenters. The van der Waals surface area contributed by atoms with E-state index in [-0.39, 0.29) is 25.2 Å². The summed E-state index contributed by atoms with van der Waals surface area (Å²) in [6, 6.07) is 0. The first-order valence-corrected chi connectivity index (χ1v) is 31.7. The van der Waals surface area contributed by atoms with Gasteiger partial charge in [0.05, 0.1) is 6.61 Å². The molecule has 0 aromatic rings. The minimum absolute atomic E-state index is 0.0590. The molecule has 1 N–H and O–H groups in total. The summed E-state index contributed by atoms with van der Waals surface area (Å²) in [5.41, 5.74) is 0. The molecule has 71 heavy (non-hydrogen) atoms. The lowest BCUT2D eigenvalue weighted by molar-refractivity contribution is -0.161. The minimum atomic E-state index is -0.769. The van der Waals surface area contributed by atoms with Crippen LogP contribution in [0.5, 0.6) is 0 Å². The second kappa shape index (κ2) is 62.2. The molecule has 0 aromatic heterocycles. The van der Waals surface area contributed by atoms with Gasteiger partial charge in [-0.15, -0.1) is 0 Å². The first-order valence-electron chi connectivity index (χ1n) is 31.7. The van der Waals surface area contributed by atoms with Gasteiger partial charge in [-0.3, -0.25) is 9.59 Å².